The van der Waals surface area contributed by atoms with Crippen molar-refractivity contribution >= 4 is 16.7 Å². The standard InChI is InChI=1S/C23H18N2O3/c1-15-12-13-18(14-16(15)2)28-23(27)21-19-10-6-7-11-20(19)22(26)25(24-21)17-8-4-3-5-9-17/h3-14H,1-2H3. The third-order valence-electron chi connectivity index (χ3n) is 4.69. The van der Waals surface area contributed by atoms with Crippen LogP contribution in [0.25, 0.3) is 16.5 Å². The minimum atomic E-state index is -0.607. The first-order valence-corrected chi connectivity index (χ1v) is 8.91. The number of para-hydroxylation sites is 1. The molecule has 1 aromatic heterocycles. The van der Waals surface area contributed by atoms with E-state index in [2.05, 4.69) is 5.10 Å². The zero-order chi connectivity index (χ0) is 19.7. The molecular formula is C23H18N2O3. The maximum absolute atomic E-state index is 12.9. The van der Waals surface area contributed by atoms with Crippen molar-refractivity contribution < 1.29 is 9.53 Å². The van der Waals surface area contributed by atoms with Gasteiger partial charge in [0.25, 0.3) is 5.56 Å². The van der Waals surface area contributed by atoms with Crippen LogP contribution in [0.5, 0.6) is 5.75 Å². The molecule has 0 spiro atoms. The summed E-state index contributed by atoms with van der Waals surface area (Å²) in [6.45, 7) is 3.95. The Morgan fingerprint density at radius 1 is 0.857 bits per heavy atom. The molecule has 0 aliphatic carbocycles. The van der Waals surface area contributed by atoms with Crippen molar-refractivity contribution in [3.8, 4) is 11.4 Å². The molecule has 0 unspecified atom stereocenters. The largest absolute Gasteiger partial charge is 0.422 e. The van der Waals surface area contributed by atoms with E-state index in [0.29, 0.717) is 22.2 Å². The Morgan fingerprint density at radius 3 is 2.25 bits per heavy atom. The van der Waals surface area contributed by atoms with Crippen LogP contribution in [0.2, 0.25) is 0 Å². The molecule has 0 radical (unpaired) electrons. The maximum Gasteiger partial charge on any atom is 0.364 e. The van der Waals surface area contributed by atoms with Gasteiger partial charge in [-0.05, 0) is 55.3 Å². The van der Waals surface area contributed by atoms with Crippen LogP contribution in [0, 0.1) is 13.8 Å². The molecule has 0 aliphatic heterocycles. The molecule has 28 heavy (non-hydrogen) atoms. The molecule has 3 aromatic carbocycles. The van der Waals surface area contributed by atoms with Crippen LogP contribution in [0.3, 0.4) is 0 Å². The van der Waals surface area contributed by atoms with Gasteiger partial charge < -0.3 is 4.74 Å². The number of carbonyl (C=O) groups excluding carboxylic acids is 1. The SMILES string of the molecule is Cc1ccc(OC(=O)c2nn(-c3ccccc3)c(=O)c3ccccc23)cc1C. The fourth-order valence-corrected chi connectivity index (χ4v) is 3.02. The summed E-state index contributed by atoms with van der Waals surface area (Å²) in [6, 6.07) is 21.4. The smallest absolute Gasteiger partial charge is 0.364 e. The van der Waals surface area contributed by atoms with Crippen LogP contribution in [0.1, 0.15) is 21.6 Å². The highest BCUT2D eigenvalue weighted by Gasteiger charge is 2.19. The van der Waals surface area contributed by atoms with E-state index in [9.17, 15) is 9.59 Å². The summed E-state index contributed by atoms with van der Waals surface area (Å²) < 4.78 is 6.79. The van der Waals surface area contributed by atoms with Crippen molar-refractivity contribution in [2.75, 3.05) is 0 Å². The number of rotatable bonds is 3. The van der Waals surface area contributed by atoms with Crippen molar-refractivity contribution in [2.45, 2.75) is 13.8 Å². The molecule has 0 fully saturated rings. The molecule has 1 heterocycles. The highest BCUT2D eigenvalue weighted by atomic mass is 16.5. The van der Waals surface area contributed by atoms with Crippen molar-refractivity contribution in [2.24, 2.45) is 0 Å². The van der Waals surface area contributed by atoms with Gasteiger partial charge in [0.2, 0.25) is 0 Å². The Labute approximate surface area is 161 Å². The molecule has 0 atom stereocenters. The Hall–Kier alpha value is -3.73. The van der Waals surface area contributed by atoms with Gasteiger partial charge in [0, 0.05) is 5.39 Å². The van der Waals surface area contributed by atoms with Gasteiger partial charge in [0.05, 0.1) is 11.1 Å². The number of benzene rings is 3. The molecule has 0 amide bonds. The lowest BCUT2D eigenvalue weighted by Crippen LogP contribution is -2.25. The molecule has 4 aromatic rings. The van der Waals surface area contributed by atoms with E-state index in [1.165, 1.54) is 4.68 Å². The highest BCUT2D eigenvalue weighted by molar-refractivity contribution is 6.03. The molecule has 5 heteroatoms. The van der Waals surface area contributed by atoms with E-state index in [-0.39, 0.29) is 11.3 Å². The zero-order valence-electron chi connectivity index (χ0n) is 15.5. The quantitative estimate of drug-likeness (QED) is 0.400. The monoisotopic (exact) mass is 370 g/mol. The fourth-order valence-electron chi connectivity index (χ4n) is 3.02. The number of hydrogen-bond acceptors (Lipinski definition) is 4. The fraction of sp³-hybridized carbons (Fsp3) is 0.0870. The summed E-state index contributed by atoms with van der Waals surface area (Å²) in [5.74, 6) is -0.166. The van der Waals surface area contributed by atoms with E-state index >= 15 is 0 Å². The third-order valence-corrected chi connectivity index (χ3v) is 4.69. The first kappa shape index (κ1) is 17.7. The Balaban J connectivity index is 1.86. The number of hydrogen-bond donors (Lipinski definition) is 0. The van der Waals surface area contributed by atoms with Gasteiger partial charge in [-0.2, -0.15) is 9.78 Å². The van der Waals surface area contributed by atoms with E-state index < -0.39 is 5.97 Å². The number of carbonyl (C=O) groups is 1. The first-order chi connectivity index (χ1) is 13.5. The van der Waals surface area contributed by atoms with Crippen molar-refractivity contribution in [3.05, 3.63) is 100.0 Å². The second kappa shape index (κ2) is 7.12. The van der Waals surface area contributed by atoms with Gasteiger partial charge in [-0.1, -0.05) is 42.5 Å². The summed E-state index contributed by atoms with van der Waals surface area (Å²) in [7, 11) is 0. The van der Waals surface area contributed by atoms with E-state index in [1.807, 2.05) is 44.2 Å². The van der Waals surface area contributed by atoms with Gasteiger partial charge >= 0.3 is 5.97 Å². The second-order valence-corrected chi connectivity index (χ2v) is 6.58. The lowest BCUT2D eigenvalue weighted by molar-refractivity contribution is 0.0729. The van der Waals surface area contributed by atoms with Gasteiger partial charge in [-0.3, -0.25) is 4.79 Å². The summed E-state index contributed by atoms with van der Waals surface area (Å²) >= 11 is 0. The molecule has 0 bridgehead atoms. The predicted octanol–water partition coefficient (Wildman–Crippen LogP) is 4.22. The average molecular weight is 370 g/mol. The summed E-state index contributed by atoms with van der Waals surface area (Å²) in [5.41, 5.74) is 2.53. The molecule has 0 aliphatic rings. The van der Waals surface area contributed by atoms with Crippen LogP contribution in [0.4, 0.5) is 0 Å². The lowest BCUT2D eigenvalue weighted by Gasteiger charge is -2.11. The van der Waals surface area contributed by atoms with Gasteiger partial charge in [0.1, 0.15) is 5.75 Å². The Bertz CT molecular complexity index is 1240. The summed E-state index contributed by atoms with van der Waals surface area (Å²) in [5, 5.41) is 5.21. The van der Waals surface area contributed by atoms with Crippen LogP contribution >= 0.6 is 0 Å². The summed E-state index contributed by atoms with van der Waals surface area (Å²) in [6.07, 6.45) is 0. The van der Waals surface area contributed by atoms with Crippen molar-refractivity contribution in [1.82, 2.24) is 9.78 Å². The molecule has 0 N–H and O–H groups in total. The van der Waals surface area contributed by atoms with Gasteiger partial charge in [-0.25, -0.2) is 4.79 Å². The molecule has 0 saturated heterocycles. The lowest BCUT2D eigenvalue weighted by atomic mass is 10.1. The molecule has 4 rings (SSSR count). The average Bonchev–Trinajstić information content (AvgIpc) is 2.72. The number of esters is 1. The molecule has 0 saturated carbocycles. The number of nitrogens with zero attached hydrogens (tertiary/aromatic N) is 2. The number of ether oxygens (including phenoxy) is 1. The second-order valence-electron chi connectivity index (χ2n) is 6.58. The van der Waals surface area contributed by atoms with Crippen molar-refractivity contribution in [1.29, 1.82) is 0 Å². The minimum absolute atomic E-state index is 0.0947. The Morgan fingerprint density at radius 2 is 1.54 bits per heavy atom. The van der Waals surface area contributed by atoms with Crippen LogP contribution in [-0.2, 0) is 0 Å². The highest BCUT2D eigenvalue weighted by Crippen LogP contribution is 2.20. The summed E-state index contributed by atoms with van der Waals surface area (Å²) in [4.78, 5) is 25.8. The number of aromatic nitrogens is 2. The van der Waals surface area contributed by atoms with Crippen LogP contribution in [-0.4, -0.2) is 15.7 Å². The maximum atomic E-state index is 12.9. The van der Waals surface area contributed by atoms with Gasteiger partial charge in [-0.15, -0.1) is 0 Å². The first-order valence-electron chi connectivity index (χ1n) is 8.91. The van der Waals surface area contributed by atoms with E-state index in [0.717, 1.165) is 11.1 Å². The number of fused-ring (bicyclic) bond motifs is 1. The number of aryl methyl sites for hydroxylation is 2. The minimum Gasteiger partial charge on any atom is -0.422 e. The third kappa shape index (κ3) is 3.18. The topological polar surface area (TPSA) is 61.2 Å². The molecule has 138 valence electrons. The van der Waals surface area contributed by atoms with Gasteiger partial charge in [0.15, 0.2) is 5.69 Å². The predicted molar refractivity (Wildman–Crippen MR) is 108 cm³/mol. The molecule has 5 nitrogen and oxygen atoms in total. The van der Waals surface area contributed by atoms with Crippen LogP contribution < -0.4 is 10.3 Å². The van der Waals surface area contributed by atoms with Crippen molar-refractivity contribution in [3.63, 3.8) is 0 Å². The zero-order valence-corrected chi connectivity index (χ0v) is 15.5. The van der Waals surface area contributed by atoms with E-state index in [4.69, 9.17) is 4.74 Å². The normalized spacial score (nSPS) is 10.8. The van der Waals surface area contributed by atoms with Crippen LogP contribution in [0.15, 0.2) is 77.6 Å². The molecular weight excluding hydrogens is 352 g/mol. The van der Waals surface area contributed by atoms with E-state index in [1.54, 1.807) is 42.5 Å². The Kier molecular flexibility index (Phi) is 4.49.